The third-order valence-electron chi connectivity index (χ3n) is 5.45. The van der Waals surface area contributed by atoms with Gasteiger partial charge < -0.3 is 20.5 Å². The highest BCUT2D eigenvalue weighted by molar-refractivity contribution is 5.80. The molecule has 0 aromatic heterocycles. The molecule has 1 aliphatic carbocycles. The van der Waals surface area contributed by atoms with Crippen molar-refractivity contribution in [2.24, 2.45) is 10.9 Å². The summed E-state index contributed by atoms with van der Waals surface area (Å²) in [5.74, 6) is 1.30. The van der Waals surface area contributed by atoms with Gasteiger partial charge in [0.15, 0.2) is 5.96 Å². The molecule has 1 aliphatic heterocycles. The lowest BCUT2D eigenvalue weighted by Crippen LogP contribution is -2.53. The van der Waals surface area contributed by atoms with E-state index in [0.717, 1.165) is 25.1 Å². The van der Waals surface area contributed by atoms with Crippen molar-refractivity contribution in [1.82, 2.24) is 15.5 Å². The Morgan fingerprint density at radius 1 is 1.15 bits per heavy atom. The molecule has 1 saturated heterocycles. The van der Waals surface area contributed by atoms with Gasteiger partial charge in [0.1, 0.15) is 0 Å². The summed E-state index contributed by atoms with van der Waals surface area (Å²) in [7, 11) is 0. The van der Waals surface area contributed by atoms with Crippen LogP contribution >= 0.6 is 0 Å². The van der Waals surface area contributed by atoms with Crippen molar-refractivity contribution in [2.75, 3.05) is 39.4 Å². The quantitative estimate of drug-likeness (QED) is 0.422. The summed E-state index contributed by atoms with van der Waals surface area (Å²) >= 11 is 0. The zero-order chi connectivity index (χ0) is 19.5. The van der Waals surface area contributed by atoms with Crippen LogP contribution in [-0.4, -0.2) is 73.5 Å². The number of hydrogen-bond donors (Lipinski definition) is 3. The van der Waals surface area contributed by atoms with Crippen LogP contribution in [0.3, 0.4) is 0 Å². The Morgan fingerprint density at radius 2 is 1.93 bits per heavy atom. The van der Waals surface area contributed by atoms with Crippen LogP contribution in [-0.2, 0) is 4.74 Å². The molecule has 2 fully saturated rings. The average Bonchev–Trinajstić information content (AvgIpc) is 2.67. The highest BCUT2D eigenvalue weighted by atomic mass is 16.5. The zero-order valence-electron chi connectivity index (χ0n) is 17.8. The van der Waals surface area contributed by atoms with E-state index < -0.39 is 6.10 Å². The van der Waals surface area contributed by atoms with E-state index in [1.165, 1.54) is 51.5 Å². The van der Waals surface area contributed by atoms with Gasteiger partial charge in [-0.1, -0.05) is 33.1 Å². The molecule has 27 heavy (non-hydrogen) atoms. The van der Waals surface area contributed by atoms with Crippen LogP contribution in [0.2, 0.25) is 0 Å². The molecule has 0 aromatic carbocycles. The molecule has 3 N–H and O–H groups in total. The fraction of sp³-hybridized carbons (Fsp3) is 0.952. The topological polar surface area (TPSA) is 69.1 Å². The molecular formula is C21H42N4O2. The molecule has 2 atom stereocenters. The number of likely N-dealkylation sites (tertiary alicyclic amines) is 1. The highest BCUT2D eigenvalue weighted by Gasteiger charge is 2.27. The molecule has 0 amide bonds. The van der Waals surface area contributed by atoms with Gasteiger partial charge in [-0.05, 0) is 45.1 Å². The first-order chi connectivity index (χ1) is 13.1. The lowest BCUT2D eigenvalue weighted by Gasteiger charge is -2.40. The first-order valence-corrected chi connectivity index (χ1v) is 11.1. The Hall–Kier alpha value is -0.850. The maximum atomic E-state index is 10.1. The summed E-state index contributed by atoms with van der Waals surface area (Å²) in [6.45, 7) is 10.9. The molecule has 1 saturated carbocycles. The third-order valence-corrected chi connectivity index (χ3v) is 5.45. The van der Waals surface area contributed by atoms with Gasteiger partial charge in [-0.2, -0.15) is 0 Å². The molecule has 6 nitrogen and oxygen atoms in total. The standard InChI is InChI=1S/C21H42N4O2/c1-4-22-21(23-13-20(26)16-27-15-17(2)3)24-18-9-8-12-25(14-18)19-10-6-5-7-11-19/h17-20,26H,4-16H2,1-3H3,(H2,22,23,24). The number of ether oxygens (including phenoxy) is 1. The predicted molar refractivity (Wildman–Crippen MR) is 112 cm³/mol. The maximum Gasteiger partial charge on any atom is 0.191 e. The van der Waals surface area contributed by atoms with Gasteiger partial charge in [0.2, 0.25) is 0 Å². The van der Waals surface area contributed by atoms with Crippen LogP contribution in [0.15, 0.2) is 4.99 Å². The second kappa shape index (κ2) is 12.6. The first-order valence-electron chi connectivity index (χ1n) is 11.1. The summed E-state index contributed by atoms with van der Waals surface area (Å²) in [5, 5.41) is 17.0. The van der Waals surface area contributed by atoms with Crippen molar-refractivity contribution in [1.29, 1.82) is 0 Å². The van der Waals surface area contributed by atoms with E-state index in [9.17, 15) is 5.11 Å². The van der Waals surface area contributed by atoms with Crippen molar-refractivity contribution in [3.8, 4) is 0 Å². The van der Waals surface area contributed by atoms with Crippen LogP contribution in [0.5, 0.6) is 0 Å². The number of aliphatic hydroxyl groups excluding tert-OH is 1. The van der Waals surface area contributed by atoms with E-state index in [-0.39, 0.29) is 0 Å². The summed E-state index contributed by atoms with van der Waals surface area (Å²) in [4.78, 5) is 7.28. The SMILES string of the molecule is CCNC(=NCC(O)COCC(C)C)NC1CCCN(C2CCCCC2)C1. The molecule has 0 radical (unpaired) electrons. The maximum absolute atomic E-state index is 10.1. The van der Waals surface area contributed by atoms with Crippen molar-refractivity contribution in [3.63, 3.8) is 0 Å². The van der Waals surface area contributed by atoms with Crippen LogP contribution < -0.4 is 10.6 Å². The molecule has 2 unspecified atom stereocenters. The van der Waals surface area contributed by atoms with Gasteiger partial charge in [0.05, 0.1) is 19.3 Å². The molecule has 2 aliphatic rings. The van der Waals surface area contributed by atoms with Crippen molar-refractivity contribution >= 4 is 5.96 Å². The monoisotopic (exact) mass is 382 g/mol. The fourth-order valence-corrected chi connectivity index (χ4v) is 4.10. The van der Waals surface area contributed by atoms with Crippen LogP contribution in [0.25, 0.3) is 0 Å². The number of piperidine rings is 1. The van der Waals surface area contributed by atoms with Crippen LogP contribution in [0.1, 0.15) is 65.7 Å². The van der Waals surface area contributed by atoms with E-state index >= 15 is 0 Å². The molecular weight excluding hydrogens is 340 g/mol. The molecule has 158 valence electrons. The van der Waals surface area contributed by atoms with E-state index in [1.807, 2.05) is 0 Å². The number of nitrogens with one attached hydrogen (secondary N) is 2. The van der Waals surface area contributed by atoms with Crippen LogP contribution in [0, 0.1) is 5.92 Å². The highest BCUT2D eigenvalue weighted by Crippen LogP contribution is 2.25. The fourth-order valence-electron chi connectivity index (χ4n) is 4.10. The second-order valence-corrected chi connectivity index (χ2v) is 8.58. The lowest BCUT2D eigenvalue weighted by atomic mass is 9.92. The van der Waals surface area contributed by atoms with E-state index in [1.54, 1.807) is 0 Å². The Bertz CT molecular complexity index is 424. The van der Waals surface area contributed by atoms with E-state index in [0.29, 0.717) is 31.7 Å². The number of aliphatic hydroxyl groups is 1. The Labute approximate surface area is 166 Å². The number of guanidine groups is 1. The smallest absolute Gasteiger partial charge is 0.191 e. The van der Waals surface area contributed by atoms with Crippen LogP contribution in [0.4, 0.5) is 0 Å². The normalized spacial score (nSPS) is 24.2. The molecule has 0 aromatic rings. The minimum absolute atomic E-state index is 0.347. The van der Waals surface area contributed by atoms with E-state index in [4.69, 9.17) is 4.74 Å². The molecule has 2 rings (SSSR count). The first kappa shape index (κ1) is 22.4. The lowest BCUT2D eigenvalue weighted by molar-refractivity contribution is 0.0301. The van der Waals surface area contributed by atoms with Gasteiger partial charge >= 0.3 is 0 Å². The Morgan fingerprint density at radius 3 is 2.63 bits per heavy atom. The third kappa shape index (κ3) is 8.79. The van der Waals surface area contributed by atoms with Crippen molar-refractivity contribution < 1.29 is 9.84 Å². The predicted octanol–water partition coefficient (Wildman–Crippen LogP) is 2.37. The minimum atomic E-state index is -0.552. The number of rotatable bonds is 9. The number of nitrogens with zero attached hydrogens (tertiary/aromatic N) is 2. The van der Waals surface area contributed by atoms with Crippen molar-refractivity contribution in [2.45, 2.75) is 83.9 Å². The second-order valence-electron chi connectivity index (χ2n) is 8.58. The van der Waals surface area contributed by atoms with E-state index in [2.05, 4.69) is 41.3 Å². The number of hydrogen-bond acceptors (Lipinski definition) is 4. The molecule has 1 heterocycles. The largest absolute Gasteiger partial charge is 0.389 e. The van der Waals surface area contributed by atoms with Gasteiger partial charge in [-0.3, -0.25) is 9.89 Å². The summed E-state index contributed by atoms with van der Waals surface area (Å²) in [6.07, 6.45) is 8.80. The molecule has 0 spiro atoms. The summed E-state index contributed by atoms with van der Waals surface area (Å²) in [5.41, 5.74) is 0. The summed E-state index contributed by atoms with van der Waals surface area (Å²) < 4.78 is 5.51. The molecule has 0 bridgehead atoms. The average molecular weight is 383 g/mol. The Balaban J connectivity index is 1.79. The van der Waals surface area contributed by atoms with Gasteiger partial charge in [-0.25, -0.2) is 0 Å². The van der Waals surface area contributed by atoms with Crippen molar-refractivity contribution in [3.05, 3.63) is 0 Å². The van der Waals surface area contributed by atoms with Gasteiger partial charge in [0.25, 0.3) is 0 Å². The minimum Gasteiger partial charge on any atom is -0.389 e. The number of aliphatic imine (C=N–C) groups is 1. The molecule has 6 heteroatoms. The van der Waals surface area contributed by atoms with Gasteiger partial charge in [0, 0.05) is 31.8 Å². The zero-order valence-corrected chi connectivity index (χ0v) is 17.8. The summed E-state index contributed by atoms with van der Waals surface area (Å²) in [6, 6.07) is 1.22. The van der Waals surface area contributed by atoms with Gasteiger partial charge in [-0.15, -0.1) is 0 Å². The Kier molecular flexibility index (Phi) is 10.5.